The summed E-state index contributed by atoms with van der Waals surface area (Å²) in [5, 5.41) is 8.06. The number of rotatable bonds is 1. The Morgan fingerprint density at radius 3 is 1.68 bits per heavy atom. The van der Waals surface area contributed by atoms with Crippen LogP contribution in [0.4, 0.5) is 0 Å². The maximum atomic E-state index is 6.70. The highest BCUT2D eigenvalue weighted by molar-refractivity contribution is 8.00. The summed E-state index contributed by atoms with van der Waals surface area (Å²) in [7, 11) is -2.69. The van der Waals surface area contributed by atoms with E-state index in [2.05, 4.69) is 144 Å². The summed E-state index contributed by atoms with van der Waals surface area (Å²) in [6.45, 7) is 0. The highest BCUT2D eigenvalue weighted by atomic mass is 32.2. The number of nitrogens with zero attached hydrogens (tertiary/aromatic N) is 1. The molecular weight excluding hydrogens is 523 g/mol. The van der Waals surface area contributed by atoms with Gasteiger partial charge in [-0.05, 0) is 69.3 Å². The predicted octanol–water partition coefficient (Wildman–Crippen LogP) is 6.73. The molecule has 3 heterocycles. The second kappa shape index (κ2) is 8.24. The number of benzene rings is 6. The largest absolute Gasteiger partial charge is 0.458 e. The normalized spacial score (nSPS) is 14.3. The molecule has 0 fully saturated rings. The first-order valence-corrected chi connectivity index (χ1v) is 16.4. The SMILES string of the molecule is c1ccc2c(c1)Oc1ccc(-n3c4ccccc4c4ccccc43)cc1[Si]21c2ccccc2Sc2ccccc21. The van der Waals surface area contributed by atoms with Crippen LogP contribution in [0, 0.1) is 0 Å². The second-order valence-electron chi connectivity index (χ2n) is 10.5. The third-order valence-corrected chi connectivity index (χ3v) is 14.9. The molecule has 188 valence electrons. The molecule has 7 aromatic rings. The second-order valence-corrected chi connectivity index (χ2v) is 15.2. The average Bonchev–Trinajstić information content (AvgIpc) is 3.35. The summed E-state index contributed by atoms with van der Waals surface area (Å²) in [5.74, 6) is 1.94. The third-order valence-electron chi connectivity index (χ3n) is 8.52. The first kappa shape index (κ1) is 22.3. The zero-order chi connectivity index (χ0) is 26.3. The van der Waals surface area contributed by atoms with E-state index in [-0.39, 0.29) is 0 Å². The maximum absolute atomic E-state index is 6.70. The molecule has 0 amide bonds. The lowest BCUT2D eigenvalue weighted by atomic mass is 10.2. The molecule has 1 aromatic heterocycles. The quantitative estimate of drug-likeness (QED) is 0.212. The number of para-hydroxylation sites is 3. The lowest BCUT2D eigenvalue weighted by Crippen LogP contribution is -2.77. The van der Waals surface area contributed by atoms with E-state index in [0.29, 0.717) is 0 Å². The Kier molecular flexibility index (Phi) is 4.60. The smallest absolute Gasteiger partial charge is 0.190 e. The zero-order valence-corrected chi connectivity index (χ0v) is 23.4. The van der Waals surface area contributed by atoms with Gasteiger partial charge in [0.05, 0.1) is 11.0 Å². The first-order chi connectivity index (χ1) is 19.8. The molecule has 2 aliphatic heterocycles. The van der Waals surface area contributed by atoms with Crippen molar-refractivity contribution in [3.05, 3.63) is 140 Å². The topological polar surface area (TPSA) is 14.2 Å². The van der Waals surface area contributed by atoms with Crippen LogP contribution in [0.5, 0.6) is 11.5 Å². The van der Waals surface area contributed by atoms with Crippen molar-refractivity contribution in [1.82, 2.24) is 4.57 Å². The van der Waals surface area contributed by atoms with Gasteiger partial charge >= 0.3 is 0 Å². The van der Waals surface area contributed by atoms with Crippen LogP contribution < -0.4 is 25.5 Å². The van der Waals surface area contributed by atoms with Crippen molar-refractivity contribution >= 4 is 62.4 Å². The molecule has 0 N–H and O–H groups in total. The van der Waals surface area contributed by atoms with E-state index in [9.17, 15) is 0 Å². The van der Waals surface area contributed by atoms with Crippen molar-refractivity contribution in [2.45, 2.75) is 9.79 Å². The van der Waals surface area contributed by atoms with E-state index in [1.54, 1.807) is 0 Å². The molecule has 0 bridgehead atoms. The number of hydrogen-bond donors (Lipinski definition) is 0. The van der Waals surface area contributed by atoms with E-state index in [4.69, 9.17) is 4.74 Å². The van der Waals surface area contributed by atoms with Crippen LogP contribution in [-0.4, -0.2) is 12.6 Å². The molecule has 6 aromatic carbocycles. The van der Waals surface area contributed by atoms with Crippen molar-refractivity contribution in [3.63, 3.8) is 0 Å². The van der Waals surface area contributed by atoms with Gasteiger partial charge in [-0.2, -0.15) is 0 Å². The van der Waals surface area contributed by atoms with Crippen LogP contribution in [0.3, 0.4) is 0 Å². The molecule has 0 atom stereocenters. The number of hydrogen-bond acceptors (Lipinski definition) is 2. The van der Waals surface area contributed by atoms with Crippen LogP contribution in [0.2, 0.25) is 0 Å². The zero-order valence-electron chi connectivity index (χ0n) is 21.5. The summed E-state index contributed by atoms with van der Waals surface area (Å²) >= 11 is 1.89. The Balaban J connectivity index is 1.43. The summed E-state index contributed by atoms with van der Waals surface area (Å²) in [6, 6.07) is 51.1. The molecule has 0 saturated heterocycles. The fourth-order valence-corrected chi connectivity index (χ4v) is 14.1. The van der Waals surface area contributed by atoms with Crippen LogP contribution in [0.1, 0.15) is 0 Å². The van der Waals surface area contributed by atoms with E-state index in [0.717, 1.165) is 11.5 Å². The Morgan fingerprint density at radius 1 is 0.475 bits per heavy atom. The van der Waals surface area contributed by atoms with Gasteiger partial charge in [0.25, 0.3) is 0 Å². The van der Waals surface area contributed by atoms with Crippen LogP contribution in [-0.2, 0) is 0 Å². The van der Waals surface area contributed by atoms with Gasteiger partial charge in [0.1, 0.15) is 11.5 Å². The molecule has 0 aliphatic carbocycles. The predicted molar refractivity (Wildman–Crippen MR) is 169 cm³/mol. The minimum absolute atomic E-state index is 0.964. The van der Waals surface area contributed by atoms with Crippen molar-refractivity contribution in [2.75, 3.05) is 0 Å². The molecular formula is C36H23NOSSi. The van der Waals surface area contributed by atoms with Crippen molar-refractivity contribution < 1.29 is 4.74 Å². The van der Waals surface area contributed by atoms with Gasteiger partial charge < -0.3 is 9.30 Å². The van der Waals surface area contributed by atoms with Gasteiger partial charge in [0.2, 0.25) is 0 Å². The Bertz CT molecular complexity index is 1990. The van der Waals surface area contributed by atoms with Gasteiger partial charge in [0, 0.05) is 26.3 Å². The molecule has 0 radical (unpaired) electrons. The van der Waals surface area contributed by atoms with Crippen LogP contribution >= 0.6 is 11.8 Å². The molecule has 40 heavy (non-hydrogen) atoms. The monoisotopic (exact) mass is 545 g/mol. The van der Waals surface area contributed by atoms with Crippen molar-refractivity contribution in [2.24, 2.45) is 0 Å². The molecule has 2 nitrogen and oxygen atoms in total. The van der Waals surface area contributed by atoms with E-state index in [1.807, 2.05) is 11.8 Å². The summed E-state index contributed by atoms with van der Waals surface area (Å²) in [6.07, 6.45) is 0. The Hall–Kier alpha value is -4.51. The summed E-state index contributed by atoms with van der Waals surface area (Å²) < 4.78 is 9.12. The lowest BCUT2D eigenvalue weighted by Gasteiger charge is -2.43. The molecule has 1 spiro atoms. The van der Waals surface area contributed by atoms with Crippen LogP contribution in [0.15, 0.2) is 149 Å². The highest BCUT2D eigenvalue weighted by Gasteiger charge is 2.52. The number of aromatic nitrogens is 1. The fourth-order valence-electron chi connectivity index (χ4n) is 6.94. The molecule has 9 rings (SSSR count). The lowest BCUT2D eigenvalue weighted by molar-refractivity contribution is 0.487. The first-order valence-electron chi connectivity index (χ1n) is 13.6. The standard InChI is InChI=1S/C36H23NOSSi/c1-3-13-27-25(11-1)26-12-2-4-14-28(26)37(27)24-21-22-30-36(23-24)40(33-18-8-5-15-29(33)38-30)34-19-9-6-16-31(34)39-32-17-7-10-20-35(32)40/h1-23H. The Morgan fingerprint density at radius 2 is 1.00 bits per heavy atom. The number of fused-ring (bicyclic) bond motifs is 11. The van der Waals surface area contributed by atoms with Crippen molar-refractivity contribution in [3.8, 4) is 17.2 Å². The van der Waals surface area contributed by atoms with Gasteiger partial charge in [-0.15, -0.1) is 0 Å². The van der Waals surface area contributed by atoms with E-state index >= 15 is 0 Å². The molecule has 4 heteroatoms. The van der Waals surface area contributed by atoms with Gasteiger partial charge in [0.15, 0.2) is 8.07 Å². The minimum atomic E-state index is -2.69. The van der Waals surface area contributed by atoms with Gasteiger partial charge in [-0.1, -0.05) is 103 Å². The minimum Gasteiger partial charge on any atom is -0.458 e. The molecule has 2 aliphatic rings. The molecule has 0 saturated carbocycles. The van der Waals surface area contributed by atoms with E-state index < -0.39 is 8.07 Å². The third kappa shape index (κ3) is 2.84. The van der Waals surface area contributed by atoms with E-state index in [1.165, 1.54) is 58.0 Å². The van der Waals surface area contributed by atoms with Gasteiger partial charge in [-0.3, -0.25) is 0 Å². The summed E-state index contributed by atoms with van der Waals surface area (Å²) in [5.41, 5.74) is 3.60. The van der Waals surface area contributed by atoms with Crippen molar-refractivity contribution in [1.29, 1.82) is 0 Å². The van der Waals surface area contributed by atoms with Crippen LogP contribution in [0.25, 0.3) is 27.5 Å². The fraction of sp³-hybridized carbons (Fsp3) is 0. The Labute approximate surface area is 237 Å². The van der Waals surface area contributed by atoms with Gasteiger partial charge in [-0.25, -0.2) is 0 Å². The summed E-state index contributed by atoms with van der Waals surface area (Å²) in [4.78, 5) is 2.69. The molecule has 0 unspecified atom stereocenters. The maximum Gasteiger partial charge on any atom is 0.190 e. The average molecular weight is 546 g/mol. The number of ether oxygens (including phenoxy) is 1. The highest BCUT2D eigenvalue weighted by Crippen LogP contribution is 2.39.